The van der Waals surface area contributed by atoms with Gasteiger partial charge in [-0.15, -0.1) is 11.8 Å². The molecule has 0 radical (unpaired) electrons. The van der Waals surface area contributed by atoms with Crippen molar-refractivity contribution in [3.63, 3.8) is 0 Å². The minimum Gasteiger partial charge on any atom is -0.293 e. The second kappa shape index (κ2) is 3.97. The van der Waals surface area contributed by atoms with Crippen molar-refractivity contribution in [3.8, 4) is 0 Å². The van der Waals surface area contributed by atoms with Crippen LogP contribution in [-0.4, -0.2) is 10.5 Å². The van der Waals surface area contributed by atoms with Gasteiger partial charge in [-0.25, -0.2) is 0 Å². The van der Waals surface area contributed by atoms with Crippen molar-refractivity contribution in [2.24, 2.45) is 0 Å². The number of Topliss-reactive ketones (excluding diaryl/α,β-unsaturated/α-hetero) is 1. The molecule has 1 spiro atoms. The Morgan fingerprint density at radius 1 is 1.11 bits per heavy atom. The normalized spacial score (nSPS) is 27.6. The Morgan fingerprint density at radius 3 is 2.58 bits per heavy atom. The molecule has 0 N–H and O–H groups in total. The fourth-order valence-electron chi connectivity index (χ4n) is 2.90. The van der Waals surface area contributed by atoms with Gasteiger partial charge in [0.05, 0.1) is 4.75 Å². The molecule has 1 aliphatic heterocycles. The highest BCUT2D eigenvalue weighted by molar-refractivity contribution is 9.10. The maximum Gasteiger partial charge on any atom is 0.181 e. The summed E-state index contributed by atoms with van der Waals surface area (Å²) >= 11 is 5.21. The molecule has 4 rings (SSSR count). The maximum atomic E-state index is 12.6. The van der Waals surface area contributed by atoms with Crippen LogP contribution in [0.25, 0.3) is 0 Å². The summed E-state index contributed by atoms with van der Waals surface area (Å²) in [6.45, 7) is 0. The Morgan fingerprint density at radius 2 is 1.84 bits per heavy atom. The predicted octanol–water partition coefficient (Wildman–Crippen LogP) is 4.66. The molecule has 3 heteroatoms. The van der Waals surface area contributed by atoms with E-state index in [1.54, 1.807) is 11.8 Å². The Balaban J connectivity index is 1.70. The monoisotopic (exact) mass is 330 g/mol. The van der Waals surface area contributed by atoms with Gasteiger partial charge in [0.25, 0.3) is 0 Å². The summed E-state index contributed by atoms with van der Waals surface area (Å²) in [5.74, 6) is 0.687. The zero-order valence-electron chi connectivity index (χ0n) is 10.1. The largest absolute Gasteiger partial charge is 0.293 e. The number of benzene rings is 2. The number of carbonyl (C=O) groups is 1. The fourth-order valence-corrected chi connectivity index (χ4v) is 4.71. The van der Waals surface area contributed by atoms with Crippen molar-refractivity contribution in [1.29, 1.82) is 0 Å². The summed E-state index contributed by atoms with van der Waals surface area (Å²) in [7, 11) is 0. The van der Waals surface area contributed by atoms with E-state index in [-0.39, 0.29) is 4.75 Å². The molecule has 1 aliphatic carbocycles. The van der Waals surface area contributed by atoms with Crippen molar-refractivity contribution in [1.82, 2.24) is 0 Å². The van der Waals surface area contributed by atoms with E-state index in [4.69, 9.17) is 0 Å². The fraction of sp³-hybridized carbons (Fsp3) is 0.188. The third-order valence-electron chi connectivity index (χ3n) is 3.99. The molecule has 0 bridgehead atoms. The number of fused-ring (bicyclic) bond motifs is 1. The molecule has 0 saturated heterocycles. The van der Waals surface area contributed by atoms with Crippen LogP contribution in [0.15, 0.2) is 57.9 Å². The molecule has 2 atom stereocenters. The molecule has 94 valence electrons. The van der Waals surface area contributed by atoms with E-state index in [1.165, 1.54) is 5.56 Å². The highest BCUT2D eigenvalue weighted by atomic mass is 79.9. The number of hydrogen-bond acceptors (Lipinski definition) is 2. The van der Waals surface area contributed by atoms with Crippen LogP contribution in [-0.2, 0) is 0 Å². The molecule has 2 aliphatic rings. The summed E-state index contributed by atoms with van der Waals surface area (Å²) < 4.78 is 0.872. The lowest BCUT2D eigenvalue weighted by Crippen LogP contribution is -2.15. The average Bonchev–Trinajstić information content (AvgIpc) is 3.07. The molecule has 19 heavy (non-hydrogen) atoms. The van der Waals surface area contributed by atoms with Gasteiger partial charge in [0.1, 0.15) is 0 Å². The third-order valence-corrected chi connectivity index (χ3v) is 6.10. The second-order valence-electron chi connectivity index (χ2n) is 5.13. The number of halogens is 1. The zero-order chi connectivity index (χ0) is 13.0. The zero-order valence-corrected chi connectivity index (χ0v) is 12.5. The first-order chi connectivity index (χ1) is 9.21. The topological polar surface area (TPSA) is 17.1 Å². The van der Waals surface area contributed by atoms with E-state index >= 15 is 0 Å². The molecule has 2 aromatic carbocycles. The van der Waals surface area contributed by atoms with Gasteiger partial charge in [0.2, 0.25) is 0 Å². The summed E-state index contributed by atoms with van der Waals surface area (Å²) in [5.41, 5.74) is 2.18. The van der Waals surface area contributed by atoms with Crippen molar-refractivity contribution in [3.05, 3.63) is 64.1 Å². The summed E-state index contributed by atoms with van der Waals surface area (Å²) in [6, 6.07) is 16.3. The van der Waals surface area contributed by atoms with Crippen LogP contribution >= 0.6 is 27.7 Å². The van der Waals surface area contributed by atoms with Crippen LogP contribution in [0.1, 0.15) is 28.3 Å². The van der Waals surface area contributed by atoms with Crippen molar-refractivity contribution in [2.75, 3.05) is 0 Å². The number of carbonyl (C=O) groups excluding carboxylic acids is 1. The van der Waals surface area contributed by atoms with E-state index in [9.17, 15) is 4.79 Å². The van der Waals surface area contributed by atoms with Crippen molar-refractivity contribution < 1.29 is 4.79 Å². The minimum absolute atomic E-state index is 0.211. The molecular weight excluding hydrogens is 320 g/mol. The number of hydrogen-bond donors (Lipinski definition) is 0. The van der Waals surface area contributed by atoms with Crippen LogP contribution in [0.4, 0.5) is 0 Å². The van der Waals surface area contributed by atoms with Gasteiger partial charge in [-0.2, -0.15) is 0 Å². The van der Waals surface area contributed by atoms with E-state index in [0.717, 1.165) is 21.4 Å². The summed E-state index contributed by atoms with van der Waals surface area (Å²) in [4.78, 5) is 13.7. The Hall–Kier alpha value is -1.06. The smallest absolute Gasteiger partial charge is 0.181 e. The van der Waals surface area contributed by atoms with Crippen LogP contribution in [0.2, 0.25) is 0 Å². The summed E-state index contributed by atoms with van der Waals surface area (Å²) in [6.07, 6.45) is 0.965. The van der Waals surface area contributed by atoms with Crippen molar-refractivity contribution >= 4 is 33.5 Å². The molecule has 0 amide bonds. The minimum atomic E-state index is -0.211. The SMILES string of the molecule is O=C1c2ccccc2S[C@]12C[C@@H]2c1ccc(Br)cc1. The van der Waals surface area contributed by atoms with Crippen LogP contribution < -0.4 is 0 Å². The first-order valence-electron chi connectivity index (χ1n) is 6.29. The van der Waals surface area contributed by atoms with E-state index in [1.807, 2.05) is 18.2 Å². The van der Waals surface area contributed by atoms with E-state index in [2.05, 4.69) is 46.3 Å². The first kappa shape index (κ1) is 11.7. The lowest BCUT2D eigenvalue weighted by atomic mass is 10.0. The lowest BCUT2D eigenvalue weighted by molar-refractivity contribution is 0.0981. The van der Waals surface area contributed by atoms with E-state index < -0.39 is 0 Å². The van der Waals surface area contributed by atoms with Gasteiger partial charge < -0.3 is 0 Å². The van der Waals surface area contributed by atoms with Gasteiger partial charge in [0, 0.05) is 20.8 Å². The highest BCUT2D eigenvalue weighted by Crippen LogP contribution is 2.67. The van der Waals surface area contributed by atoms with Gasteiger partial charge >= 0.3 is 0 Å². The van der Waals surface area contributed by atoms with Gasteiger partial charge in [0.15, 0.2) is 5.78 Å². The molecular formula is C16H11BrOS. The van der Waals surface area contributed by atoms with Gasteiger partial charge in [-0.3, -0.25) is 4.79 Å². The number of thioether (sulfide) groups is 1. The van der Waals surface area contributed by atoms with Crippen LogP contribution in [0.5, 0.6) is 0 Å². The molecule has 0 unspecified atom stereocenters. The molecule has 1 nitrogen and oxygen atoms in total. The maximum absolute atomic E-state index is 12.6. The summed E-state index contributed by atoms with van der Waals surface area (Å²) in [5, 5.41) is 0. The Bertz CT molecular complexity index is 679. The lowest BCUT2D eigenvalue weighted by Gasteiger charge is -2.06. The molecule has 1 saturated carbocycles. The second-order valence-corrected chi connectivity index (χ2v) is 7.41. The molecule has 1 fully saturated rings. The predicted molar refractivity (Wildman–Crippen MR) is 80.9 cm³/mol. The Kier molecular flexibility index (Phi) is 2.45. The van der Waals surface area contributed by atoms with E-state index in [0.29, 0.717) is 11.7 Å². The highest BCUT2D eigenvalue weighted by Gasteiger charge is 2.64. The van der Waals surface area contributed by atoms with Crippen LogP contribution in [0.3, 0.4) is 0 Å². The molecule has 2 aromatic rings. The average molecular weight is 331 g/mol. The third kappa shape index (κ3) is 1.65. The quantitative estimate of drug-likeness (QED) is 0.756. The number of rotatable bonds is 1. The standard InChI is InChI=1S/C16H11BrOS/c17-11-7-5-10(6-8-11)13-9-16(13)15(18)12-3-1-2-4-14(12)19-16/h1-8,13H,9H2/t13-,16+/m1/s1. The molecule has 1 heterocycles. The molecule has 0 aromatic heterocycles. The van der Waals surface area contributed by atoms with Crippen molar-refractivity contribution in [2.45, 2.75) is 22.0 Å². The first-order valence-corrected chi connectivity index (χ1v) is 7.90. The van der Waals surface area contributed by atoms with Gasteiger partial charge in [-0.05, 0) is 30.2 Å². The number of ketones is 1. The van der Waals surface area contributed by atoms with Crippen LogP contribution in [0, 0.1) is 0 Å². The van der Waals surface area contributed by atoms with Gasteiger partial charge in [-0.1, -0.05) is 46.3 Å². The Labute approximate surface area is 124 Å².